The number of hydrogen-bond donors (Lipinski definition) is 1. The van der Waals surface area contributed by atoms with Gasteiger partial charge < -0.3 is 9.72 Å². The molecule has 0 aliphatic heterocycles. The molecule has 19 heavy (non-hydrogen) atoms. The molecule has 0 atom stereocenters. The lowest BCUT2D eigenvalue weighted by Crippen LogP contribution is -2.12. The zero-order chi connectivity index (χ0) is 14.0. The summed E-state index contributed by atoms with van der Waals surface area (Å²) in [5, 5.41) is 9.13. The molecule has 4 nitrogen and oxygen atoms in total. The summed E-state index contributed by atoms with van der Waals surface area (Å²) in [6.45, 7) is 1.79. The maximum absolute atomic E-state index is 11.8. The molecule has 0 saturated carbocycles. The molecule has 1 N–H and O–H groups in total. The number of hydrogen-bond acceptors (Lipinski definition) is 3. The summed E-state index contributed by atoms with van der Waals surface area (Å²) in [5.74, 6) is 0.722. The summed E-state index contributed by atoms with van der Waals surface area (Å²) in [4.78, 5) is 14.4. The van der Waals surface area contributed by atoms with Crippen LogP contribution in [0, 0.1) is 21.8 Å². The Labute approximate surface area is 124 Å². The Hall–Kier alpha value is -1.81. The summed E-state index contributed by atoms with van der Waals surface area (Å²) >= 11 is 2.17. The van der Waals surface area contributed by atoms with Crippen molar-refractivity contribution in [3.8, 4) is 22.9 Å². The van der Waals surface area contributed by atoms with Gasteiger partial charge in [0.1, 0.15) is 17.4 Å². The second kappa shape index (κ2) is 5.45. The molecule has 0 saturated heterocycles. The monoisotopic (exact) mass is 366 g/mol. The van der Waals surface area contributed by atoms with Gasteiger partial charge in [-0.3, -0.25) is 4.79 Å². The Bertz CT molecular complexity index is 729. The number of nitriles is 1. The average Bonchev–Trinajstić information content (AvgIpc) is 2.38. The molecule has 1 aromatic heterocycles. The fourth-order valence-electron chi connectivity index (χ4n) is 1.85. The van der Waals surface area contributed by atoms with Crippen molar-refractivity contribution in [3.05, 3.63) is 49.4 Å². The summed E-state index contributed by atoms with van der Waals surface area (Å²) in [5.41, 5.74) is 1.89. The van der Waals surface area contributed by atoms with Crippen molar-refractivity contribution in [2.24, 2.45) is 0 Å². The molecular weight excluding hydrogens is 355 g/mol. The largest absolute Gasteiger partial charge is 0.496 e. The first-order chi connectivity index (χ1) is 9.06. The van der Waals surface area contributed by atoms with E-state index in [2.05, 4.69) is 27.6 Å². The number of halogens is 1. The van der Waals surface area contributed by atoms with Crippen LogP contribution in [0.5, 0.6) is 5.75 Å². The highest BCUT2D eigenvalue weighted by Gasteiger charge is 2.11. The highest BCUT2D eigenvalue weighted by atomic mass is 127. The third-order valence-electron chi connectivity index (χ3n) is 2.74. The van der Waals surface area contributed by atoms with Crippen molar-refractivity contribution in [1.29, 1.82) is 5.26 Å². The SMILES string of the molecule is COc1cc(-c2cc(C)[nH]c(=O)c2C#N)ccc1I. The number of H-pyrrole nitrogens is 1. The lowest BCUT2D eigenvalue weighted by molar-refractivity contribution is 0.412. The zero-order valence-electron chi connectivity index (χ0n) is 10.5. The lowest BCUT2D eigenvalue weighted by atomic mass is 10.0. The fraction of sp³-hybridized carbons (Fsp3) is 0.143. The molecule has 0 aliphatic carbocycles. The van der Waals surface area contributed by atoms with Gasteiger partial charge in [0, 0.05) is 11.3 Å². The standard InChI is InChI=1S/C14H11IN2O2/c1-8-5-10(11(7-16)14(18)17-8)9-3-4-12(15)13(6-9)19-2/h3-6H,1-2H3,(H,17,18). The Balaban J connectivity index is 2.72. The summed E-state index contributed by atoms with van der Waals surface area (Å²) in [7, 11) is 1.59. The van der Waals surface area contributed by atoms with Crippen LogP contribution in [-0.4, -0.2) is 12.1 Å². The number of methoxy groups -OCH3 is 1. The molecule has 1 heterocycles. The summed E-state index contributed by atoms with van der Waals surface area (Å²) in [6.07, 6.45) is 0. The molecule has 96 valence electrons. The maximum Gasteiger partial charge on any atom is 0.266 e. The van der Waals surface area contributed by atoms with Gasteiger partial charge in [-0.2, -0.15) is 5.26 Å². The highest BCUT2D eigenvalue weighted by Crippen LogP contribution is 2.29. The molecule has 0 aliphatic rings. The third-order valence-corrected chi connectivity index (χ3v) is 3.63. The molecule has 0 bridgehead atoms. The molecule has 0 amide bonds. The molecule has 2 rings (SSSR count). The second-order valence-corrected chi connectivity index (χ2v) is 5.19. The number of ether oxygens (including phenoxy) is 1. The average molecular weight is 366 g/mol. The number of pyridine rings is 1. The van der Waals surface area contributed by atoms with Crippen molar-refractivity contribution in [3.63, 3.8) is 0 Å². The Kier molecular flexibility index (Phi) is 3.90. The number of aromatic amines is 1. The number of nitrogens with one attached hydrogen (secondary N) is 1. The molecule has 5 heteroatoms. The van der Waals surface area contributed by atoms with Crippen LogP contribution in [0.3, 0.4) is 0 Å². The van der Waals surface area contributed by atoms with Gasteiger partial charge in [0.2, 0.25) is 0 Å². The van der Waals surface area contributed by atoms with Crippen molar-refractivity contribution < 1.29 is 4.74 Å². The first-order valence-electron chi connectivity index (χ1n) is 5.54. The van der Waals surface area contributed by atoms with Crippen LogP contribution in [0.1, 0.15) is 11.3 Å². The van der Waals surface area contributed by atoms with Crippen LogP contribution in [-0.2, 0) is 0 Å². The molecule has 0 fully saturated rings. The smallest absolute Gasteiger partial charge is 0.266 e. The summed E-state index contributed by atoms with van der Waals surface area (Å²) in [6, 6.07) is 9.35. The van der Waals surface area contributed by atoms with E-state index in [1.165, 1.54) is 0 Å². The van der Waals surface area contributed by atoms with Crippen molar-refractivity contribution in [2.75, 3.05) is 7.11 Å². The Morgan fingerprint density at radius 1 is 1.37 bits per heavy atom. The number of benzene rings is 1. The predicted octanol–water partition coefficient (Wildman–Crippen LogP) is 2.84. The van der Waals surface area contributed by atoms with Crippen molar-refractivity contribution in [2.45, 2.75) is 6.92 Å². The normalized spacial score (nSPS) is 10.0. The maximum atomic E-state index is 11.8. The van der Waals surface area contributed by atoms with E-state index < -0.39 is 0 Å². The number of aryl methyl sites for hydroxylation is 1. The number of nitrogens with zero attached hydrogens (tertiary/aromatic N) is 1. The van der Waals surface area contributed by atoms with Gasteiger partial charge in [-0.05, 0) is 53.3 Å². The van der Waals surface area contributed by atoms with Gasteiger partial charge in [0.05, 0.1) is 10.7 Å². The number of rotatable bonds is 2. The minimum absolute atomic E-state index is 0.119. The van der Waals surface area contributed by atoms with E-state index in [0.29, 0.717) is 5.56 Å². The van der Waals surface area contributed by atoms with E-state index >= 15 is 0 Å². The van der Waals surface area contributed by atoms with Crippen LogP contribution in [0.4, 0.5) is 0 Å². The van der Waals surface area contributed by atoms with Gasteiger partial charge in [-0.15, -0.1) is 0 Å². The molecule has 0 unspecified atom stereocenters. The Morgan fingerprint density at radius 2 is 2.11 bits per heavy atom. The molecule has 0 radical (unpaired) electrons. The minimum atomic E-state index is -0.366. The minimum Gasteiger partial charge on any atom is -0.496 e. The Morgan fingerprint density at radius 3 is 2.74 bits per heavy atom. The predicted molar refractivity (Wildman–Crippen MR) is 81.2 cm³/mol. The van der Waals surface area contributed by atoms with E-state index in [0.717, 1.165) is 20.6 Å². The molecule has 0 spiro atoms. The van der Waals surface area contributed by atoms with Crippen LogP contribution in [0.25, 0.3) is 11.1 Å². The van der Waals surface area contributed by atoms with Crippen molar-refractivity contribution in [1.82, 2.24) is 4.98 Å². The lowest BCUT2D eigenvalue weighted by Gasteiger charge is -2.08. The van der Waals surface area contributed by atoms with E-state index in [9.17, 15) is 4.79 Å². The summed E-state index contributed by atoms with van der Waals surface area (Å²) < 4.78 is 6.24. The van der Waals surface area contributed by atoms with Crippen LogP contribution < -0.4 is 10.3 Å². The topological polar surface area (TPSA) is 65.9 Å². The van der Waals surface area contributed by atoms with Gasteiger partial charge >= 0.3 is 0 Å². The van der Waals surface area contributed by atoms with Crippen LogP contribution in [0.2, 0.25) is 0 Å². The van der Waals surface area contributed by atoms with E-state index in [4.69, 9.17) is 10.00 Å². The zero-order valence-corrected chi connectivity index (χ0v) is 12.6. The van der Waals surface area contributed by atoms with Gasteiger partial charge in [-0.1, -0.05) is 6.07 Å². The fourth-order valence-corrected chi connectivity index (χ4v) is 2.41. The van der Waals surface area contributed by atoms with E-state index in [-0.39, 0.29) is 11.1 Å². The van der Waals surface area contributed by atoms with Gasteiger partial charge in [0.25, 0.3) is 5.56 Å². The quantitative estimate of drug-likeness (QED) is 0.832. The van der Waals surface area contributed by atoms with Gasteiger partial charge in [0.15, 0.2) is 0 Å². The van der Waals surface area contributed by atoms with Crippen LogP contribution in [0.15, 0.2) is 29.1 Å². The second-order valence-electron chi connectivity index (χ2n) is 4.03. The number of aromatic nitrogens is 1. The van der Waals surface area contributed by atoms with Crippen molar-refractivity contribution >= 4 is 22.6 Å². The molecule has 1 aromatic carbocycles. The molecule has 2 aromatic rings. The molecular formula is C14H11IN2O2. The highest BCUT2D eigenvalue weighted by molar-refractivity contribution is 14.1. The van der Waals surface area contributed by atoms with E-state index in [1.54, 1.807) is 20.1 Å². The first-order valence-corrected chi connectivity index (χ1v) is 6.62. The first kappa shape index (κ1) is 13.6. The van der Waals surface area contributed by atoms with Crippen LogP contribution >= 0.6 is 22.6 Å². The van der Waals surface area contributed by atoms with E-state index in [1.807, 2.05) is 24.3 Å². The van der Waals surface area contributed by atoms with Gasteiger partial charge in [-0.25, -0.2) is 0 Å². The third kappa shape index (κ3) is 2.63.